The first-order chi connectivity index (χ1) is 18.3. The topological polar surface area (TPSA) is 101 Å². The molecule has 10 heteroatoms. The lowest BCUT2D eigenvalue weighted by atomic mass is 10.00. The standard InChI is InChI=1S/C28H33N7O3/c1-18-6-5-7-20-15-21(27(36)29-24(18)20)25(26-30-31-32-35(26)28(2,3)4)34-12-10-33(11-13-34)16-19-8-9-22-23(14-19)38-17-37-22/h5-9,14-15,25H,10-13,16-17H2,1-4H3,(H,29,36)/t25-/m0/s1. The number of piperazine rings is 1. The van der Waals surface area contributed by atoms with Gasteiger partial charge < -0.3 is 14.5 Å². The molecular weight excluding hydrogens is 482 g/mol. The minimum atomic E-state index is -0.370. The van der Waals surface area contributed by atoms with Crippen molar-refractivity contribution in [2.24, 2.45) is 0 Å². The summed E-state index contributed by atoms with van der Waals surface area (Å²) < 4.78 is 12.8. The Labute approximate surface area is 221 Å². The molecule has 0 saturated carbocycles. The lowest BCUT2D eigenvalue weighted by Gasteiger charge is -2.39. The second-order valence-electron chi connectivity index (χ2n) is 11.1. The number of tetrazole rings is 1. The van der Waals surface area contributed by atoms with E-state index in [1.807, 2.05) is 41.9 Å². The molecule has 2 aliphatic rings. The highest BCUT2D eigenvalue weighted by Gasteiger charge is 2.35. The predicted molar refractivity (Wildman–Crippen MR) is 143 cm³/mol. The second kappa shape index (κ2) is 9.52. The third-order valence-electron chi connectivity index (χ3n) is 7.40. The van der Waals surface area contributed by atoms with Crippen LogP contribution in [0, 0.1) is 6.92 Å². The zero-order valence-electron chi connectivity index (χ0n) is 22.3. The first-order valence-corrected chi connectivity index (χ1v) is 13.0. The Bertz CT molecular complexity index is 1530. The number of fused-ring (bicyclic) bond motifs is 2. The first kappa shape index (κ1) is 24.6. The third kappa shape index (κ3) is 4.54. The molecule has 2 aromatic heterocycles. The van der Waals surface area contributed by atoms with E-state index in [0.29, 0.717) is 11.4 Å². The number of para-hydroxylation sites is 1. The van der Waals surface area contributed by atoms with Crippen LogP contribution in [0.15, 0.2) is 47.3 Å². The lowest BCUT2D eigenvalue weighted by Crippen LogP contribution is -2.49. The Morgan fingerprint density at radius 3 is 2.61 bits per heavy atom. The van der Waals surface area contributed by atoms with Crippen molar-refractivity contribution >= 4 is 10.9 Å². The van der Waals surface area contributed by atoms with Gasteiger partial charge in [0, 0.05) is 38.3 Å². The van der Waals surface area contributed by atoms with Gasteiger partial charge in [-0.25, -0.2) is 4.68 Å². The van der Waals surface area contributed by atoms with Crippen LogP contribution in [0.1, 0.15) is 49.3 Å². The Balaban J connectivity index is 1.31. The Morgan fingerprint density at radius 2 is 1.82 bits per heavy atom. The molecule has 1 atom stereocenters. The number of hydrogen-bond donors (Lipinski definition) is 1. The van der Waals surface area contributed by atoms with E-state index in [9.17, 15) is 4.79 Å². The van der Waals surface area contributed by atoms with Gasteiger partial charge in [-0.1, -0.05) is 24.3 Å². The van der Waals surface area contributed by atoms with Crippen molar-refractivity contribution in [3.63, 3.8) is 0 Å². The van der Waals surface area contributed by atoms with Crippen molar-refractivity contribution < 1.29 is 9.47 Å². The molecule has 1 saturated heterocycles. The van der Waals surface area contributed by atoms with Crippen molar-refractivity contribution in [2.45, 2.75) is 45.8 Å². The molecule has 198 valence electrons. The quantitative estimate of drug-likeness (QED) is 0.432. The number of H-pyrrole nitrogens is 1. The van der Waals surface area contributed by atoms with Gasteiger partial charge in [0.15, 0.2) is 17.3 Å². The highest BCUT2D eigenvalue weighted by atomic mass is 16.7. The number of rotatable bonds is 5. The second-order valence-corrected chi connectivity index (χ2v) is 11.1. The van der Waals surface area contributed by atoms with Gasteiger partial charge >= 0.3 is 0 Å². The highest BCUT2D eigenvalue weighted by molar-refractivity contribution is 5.82. The van der Waals surface area contributed by atoms with Gasteiger partial charge in [0.1, 0.15) is 6.04 Å². The van der Waals surface area contributed by atoms with Gasteiger partial charge in [0.05, 0.1) is 11.1 Å². The summed E-state index contributed by atoms with van der Waals surface area (Å²) in [5.41, 5.74) is 3.31. The number of aromatic nitrogens is 5. The van der Waals surface area contributed by atoms with Gasteiger partial charge in [0.2, 0.25) is 6.79 Å². The fraction of sp³-hybridized carbons (Fsp3) is 0.429. The first-order valence-electron chi connectivity index (χ1n) is 13.0. The number of nitrogens with zero attached hydrogens (tertiary/aromatic N) is 6. The van der Waals surface area contributed by atoms with Crippen molar-refractivity contribution in [2.75, 3.05) is 33.0 Å². The number of nitrogens with one attached hydrogen (secondary N) is 1. The summed E-state index contributed by atoms with van der Waals surface area (Å²) >= 11 is 0. The molecule has 2 aromatic carbocycles. The SMILES string of the molecule is Cc1cccc2cc([C@@H](c3nnnn3C(C)(C)C)N3CCN(Cc4ccc5c(c4)OCO5)CC3)c(=O)[nH]c12. The van der Waals surface area contributed by atoms with E-state index in [4.69, 9.17) is 9.47 Å². The molecule has 0 spiro atoms. The molecule has 6 rings (SSSR count). The van der Waals surface area contributed by atoms with Crippen molar-refractivity contribution in [3.8, 4) is 11.5 Å². The van der Waals surface area contributed by atoms with Crippen LogP contribution in [0.25, 0.3) is 10.9 Å². The maximum absolute atomic E-state index is 13.5. The Hall–Kier alpha value is -3.76. The fourth-order valence-electron chi connectivity index (χ4n) is 5.42. The zero-order chi connectivity index (χ0) is 26.4. The third-order valence-corrected chi connectivity index (χ3v) is 7.40. The van der Waals surface area contributed by atoms with E-state index < -0.39 is 0 Å². The number of benzene rings is 2. The average molecular weight is 516 g/mol. The van der Waals surface area contributed by atoms with Gasteiger partial charge in [0.25, 0.3) is 5.56 Å². The van der Waals surface area contributed by atoms with E-state index in [1.165, 1.54) is 5.56 Å². The highest BCUT2D eigenvalue weighted by Crippen LogP contribution is 2.34. The van der Waals surface area contributed by atoms with Crippen LogP contribution in [-0.2, 0) is 12.1 Å². The lowest BCUT2D eigenvalue weighted by molar-refractivity contribution is 0.0975. The Morgan fingerprint density at radius 1 is 1.03 bits per heavy atom. The maximum atomic E-state index is 13.5. The van der Waals surface area contributed by atoms with E-state index in [2.05, 4.69) is 63.2 Å². The molecule has 1 N–H and O–H groups in total. The number of ether oxygens (including phenoxy) is 2. The van der Waals surface area contributed by atoms with Gasteiger partial charge in [-0.2, -0.15) is 0 Å². The Kier molecular flexibility index (Phi) is 6.16. The maximum Gasteiger partial charge on any atom is 0.253 e. The smallest absolute Gasteiger partial charge is 0.253 e. The molecule has 0 bridgehead atoms. The molecule has 0 aliphatic carbocycles. The molecular formula is C28H33N7O3. The monoisotopic (exact) mass is 515 g/mol. The molecule has 2 aliphatic heterocycles. The van der Waals surface area contributed by atoms with Gasteiger partial charge in [-0.15, -0.1) is 5.10 Å². The number of hydrogen-bond acceptors (Lipinski definition) is 8. The summed E-state index contributed by atoms with van der Waals surface area (Å²) in [6.45, 7) is 12.6. The van der Waals surface area contributed by atoms with E-state index in [1.54, 1.807) is 0 Å². The van der Waals surface area contributed by atoms with Gasteiger partial charge in [-0.3, -0.25) is 14.6 Å². The van der Waals surface area contributed by atoms with Crippen LogP contribution < -0.4 is 15.0 Å². The van der Waals surface area contributed by atoms with Crippen LogP contribution in [0.4, 0.5) is 0 Å². The fourth-order valence-corrected chi connectivity index (χ4v) is 5.42. The molecule has 10 nitrogen and oxygen atoms in total. The molecule has 0 amide bonds. The van der Waals surface area contributed by atoms with E-state index in [-0.39, 0.29) is 23.9 Å². The molecule has 4 heterocycles. The summed E-state index contributed by atoms with van der Waals surface area (Å²) in [4.78, 5) is 21.4. The van der Waals surface area contributed by atoms with Gasteiger partial charge in [-0.05, 0) is 72.8 Å². The molecule has 38 heavy (non-hydrogen) atoms. The average Bonchev–Trinajstić information content (AvgIpc) is 3.56. The molecule has 0 radical (unpaired) electrons. The summed E-state index contributed by atoms with van der Waals surface area (Å²) in [6, 6.07) is 13.8. The molecule has 4 aromatic rings. The van der Waals surface area contributed by atoms with Crippen molar-refractivity contribution in [3.05, 3.63) is 75.3 Å². The van der Waals surface area contributed by atoms with Crippen LogP contribution in [0.3, 0.4) is 0 Å². The van der Waals surface area contributed by atoms with E-state index >= 15 is 0 Å². The van der Waals surface area contributed by atoms with Crippen LogP contribution in [0.2, 0.25) is 0 Å². The number of pyridine rings is 1. The van der Waals surface area contributed by atoms with Crippen LogP contribution in [-0.4, -0.2) is 68.0 Å². The van der Waals surface area contributed by atoms with Crippen LogP contribution >= 0.6 is 0 Å². The largest absolute Gasteiger partial charge is 0.454 e. The summed E-state index contributed by atoms with van der Waals surface area (Å²) in [6.07, 6.45) is 0. The summed E-state index contributed by atoms with van der Waals surface area (Å²) in [7, 11) is 0. The zero-order valence-corrected chi connectivity index (χ0v) is 22.3. The van der Waals surface area contributed by atoms with Crippen molar-refractivity contribution in [1.82, 2.24) is 35.0 Å². The van der Waals surface area contributed by atoms with Crippen molar-refractivity contribution in [1.29, 1.82) is 0 Å². The molecule has 0 unspecified atom stereocenters. The summed E-state index contributed by atoms with van der Waals surface area (Å²) in [5.74, 6) is 2.29. The minimum Gasteiger partial charge on any atom is -0.454 e. The molecule has 1 fully saturated rings. The number of aryl methyl sites for hydroxylation is 1. The predicted octanol–water partition coefficient (Wildman–Crippen LogP) is 3.21. The van der Waals surface area contributed by atoms with E-state index in [0.717, 1.165) is 60.7 Å². The summed E-state index contributed by atoms with van der Waals surface area (Å²) in [5, 5.41) is 13.8. The number of aromatic amines is 1. The minimum absolute atomic E-state index is 0.108. The normalized spacial score (nSPS) is 17.3. The van der Waals surface area contributed by atoms with Crippen LogP contribution in [0.5, 0.6) is 11.5 Å².